The maximum atomic E-state index is 11.4. The van der Waals surface area contributed by atoms with E-state index in [0.717, 1.165) is 0 Å². The molecule has 2 aromatic heterocycles. The van der Waals surface area contributed by atoms with Crippen LogP contribution >= 0.6 is 7.60 Å². The predicted octanol–water partition coefficient (Wildman–Crippen LogP) is 0.938. The number of rotatable bonds is 4. The summed E-state index contributed by atoms with van der Waals surface area (Å²) in [4.78, 5) is 40.7. The van der Waals surface area contributed by atoms with E-state index in [0.29, 0.717) is 18.1 Å². The van der Waals surface area contributed by atoms with Gasteiger partial charge in [0.15, 0.2) is 11.6 Å². The Labute approximate surface area is 109 Å². The van der Waals surface area contributed by atoms with Gasteiger partial charge in [-0.1, -0.05) is 6.92 Å². The number of carbonyl (C=O) groups is 1. The van der Waals surface area contributed by atoms with E-state index < -0.39 is 7.60 Å². The topological polar surface area (TPSA) is 132 Å². The molecule has 0 atom stereocenters. The first kappa shape index (κ1) is 15.3. The van der Waals surface area contributed by atoms with E-state index >= 15 is 0 Å². The second kappa shape index (κ2) is 6.98. The summed E-state index contributed by atoms with van der Waals surface area (Å²) in [5, 5.41) is 0. The van der Waals surface area contributed by atoms with Crippen molar-refractivity contribution in [1.29, 1.82) is 0 Å². The van der Waals surface area contributed by atoms with E-state index in [1.807, 2.05) is 0 Å². The van der Waals surface area contributed by atoms with Crippen molar-refractivity contribution in [2.75, 3.05) is 6.16 Å². The molecule has 0 saturated heterocycles. The first-order valence-electron chi connectivity index (χ1n) is 5.52. The number of ketones is 1. The van der Waals surface area contributed by atoms with Gasteiger partial charge in [-0.05, 0) is 6.42 Å². The molecule has 9 heteroatoms. The van der Waals surface area contributed by atoms with Gasteiger partial charge in [0.1, 0.15) is 0 Å². The van der Waals surface area contributed by atoms with E-state index in [-0.39, 0.29) is 11.9 Å². The van der Waals surface area contributed by atoms with Gasteiger partial charge in [-0.25, -0.2) is 9.97 Å². The summed E-state index contributed by atoms with van der Waals surface area (Å²) in [6, 6.07) is 0. The zero-order chi connectivity index (χ0) is 14.3. The summed E-state index contributed by atoms with van der Waals surface area (Å²) < 4.78 is 9.93. The third kappa shape index (κ3) is 5.60. The molecule has 2 aromatic rings. The van der Waals surface area contributed by atoms with Crippen molar-refractivity contribution >= 4 is 13.4 Å². The van der Waals surface area contributed by atoms with Gasteiger partial charge in [-0.3, -0.25) is 9.36 Å². The Morgan fingerprint density at radius 3 is 1.89 bits per heavy atom. The van der Waals surface area contributed by atoms with E-state index in [9.17, 15) is 9.36 Å². The highest BCUT2D eigenvalue weighted by Gasteiger charge is 2.12. The van der Waals surface area contributed by atoms with Crippen molar-refractivity contribution in [3.8, 4) is 0 Å². The summed E-state index contributed by atoms with van der Waals surface area (Å²) in [7, 11) is -3.67. The zero-order valence-electron chi connectivity index (χ0n) is 10.3. The molecule has 0 unspecified atom stereocenters. The molecule has 0 aromatic carbocycles. The normalized spacial score (nSPS) is 10.7. The van der Waals surface area contributed by atoms with Gasteiger partial charge in [-0.2, -0.15) is 0 Å². The van der Waals surface area contributed by atoms with Crippen LogP contribution in [0.4, 0.5) is 0 Å². The summed E-state index contributed by atoms with van der Waals surface area (Å²) in [6.45, 7) is 1.74. The van der Waals surface area contributed by atoms with Gasteiger partial charge < -0.3 is 19.8 Å². The van der Waals surface area contributed by atoms with Crippen molar-refractivity contribution in [3.05, 3.63) is 36.4 Å². The highest BCUT2D eigenvalue weighted by Crippen LogP contribution is 2.34. The smallest absolute Gasteiger partial charge is 0.325 e. The molecule has 104 valence electrons. The highest BCUT2D eigenvalue weighted by molar-refractivity contribution is 7.51. The molecule has 0 radical (unpaired) electrons. The first-order valence-corrected chi connectivity index (χ1v) is 7.32. The van der Waals surface area contributed by atoms with E-state index in [4.69, 9.17) is 9.79 Å². The average Bonchev–Trinajstić information content (AvgIpc) is 3.01. The van der Waals surface area contributed by atoms with Gasteiger partial charge in [0.25, 0.3) is 5.78 Å². The van der Waals surface area contributed by atoms with Crippen molar-refractivity contribution < 1.29 is 19.1 Å². The maximum absolute atomic E-state index is 11.4. The molecular weight excluding hydrogens is 271 g/mol. The van der Waals surface area contributed by atoms with Crippen LogP contribution in [0.2, 0.25) is 0 Å². The number of aromatic nitrogens is 4. The van der Waals surface area contributed by atoms with Crippen LogP contribution in [0, 0.1) is 0 Å². The number of nitrogens with one attached hydrogen (secondary N) is 2. The van der Waals surface area contributed by atoms with Crippen LogP contribution < -0.4 is 0 Å². The van der Waals surface area contributed by atoms with Crippen molar-refractivity contribution in [2.24, 2.45) is 0 Å². The molecule has 0 bridgehead atoms. The van der Waals surface area contributed by atoms with Crippen LogP contribution in [-0.2, 0) is 4.57 Å². The number of aromatic amines is 2. The molecule has 2 heterocycles. The summed E-state index contributed by atoms with van der Waals surface area (Å²) in [5.41, 5.74) is 0. The largest absolute Gasteiger partial charge is 0.342 e. The molecule has 0 spiro atoms. The van der Waals surface area contributed by atoms with Crippen molar-refractivity contribution in [2.45, 2.75) is 13.3 Å². The molecular formula is C10H15N4O4P. The number of carbonyl (C=O) groups excluding carboxylic acids is 1. The Bertz CT molecular complexity index is 496. The Morgan fingerprint density at radius 2 is 1.68 bits per heavy atom. The van der Waals surface area contributed by atoms with Gasteiger partial charge in [0.05, 0.1) is 0 Å². The number of imidazole rings is 2. The van der Waals surface area contributed by atoms with Crippen molar-refractivity contribution in [3.63, 3.8) is 0 Å². The molecule has 0 saturated carbocycles. The summed E-state index contributed by atoms with van der Waals surface area (Å²) in [5.74, 6) is 0.361. The van der Waals surface area contributed by atoms with E-state index in [1.165, 1.54) is 12.4 Å². The quantitative estimate of drug-likeness (QED) is 0.488. The lowest BCUT2D eigenvalue weighted by molar-refractivity contribution is 0.102. The van der Waals surface area contributed by atoms with Gasteiger partial charge in [0, 0.05) is 30.9 Å². The molecule has 0 aliphatic carbocycles. The molecule has 0 aliphatic heterocycles. The average molecular weight is 286 g/mol. The lowest BCUT2D eigenvalue weighted by Crippen LogP contribution is -2.05. The number of hydrogen-bond donors (Lipinski definition) is 4. The van der Waals surface area contributed by atoms with Gasteiger partial charge in [0.2, 0.25) is 0 Å². The molecule has 4 N–H and O–H groups in total. The minimum absolute atomic E-state index is 0.00694. The third-order valence-electron chi connectivity index (χ3n) is 1.94. The number of nitrogens with zero attached hydrogens (tertiary/aromatic N) is 2. The van der Waals surface area contributed by atoms with Crippen LogP contribution in [0.5, 0.6) is 0 Å². The monoisotopic (exact) mass is 286 g/mol. The molecule has 19 heavy (non-hydrogen) atoms. The fourth-order valence-corrected chi connectivity index (χ4v) is 1.76. The third-order valence-corrected chi connectivity index (χ3v) is 2.97. The Balaban J connectivity index is 0.000000224. The van der Waals surface area contributed by atoms with Crippen LogP contribution in [-0.4, -0.2) is 41.7 Å². The highest BCUT2D eigenvalue weighted by atomic mass is 31.2. The zero-order valence-corrected chi connectivity index (χ0v) is 11.2. The molecule has 2 rings (SSSR count). The Morgan fingerprint density at radius 1 is 1.21 bits per heavy atom. The lowest BCUT2D eigenvalue weighted by Gasteiger charge is -1.96. The first-order chi connectivity index (χ1) is 8.94. The van der Waals surface area contributed by atoms with Gasteiger partial charge in [-0.15, -0.1) is 0 Å². The van der Waals surface area contributed by atoms with Crippen LogP contribution in [0.3, 0.4) is 0 Å². The molecule has 0 amide bonds. The lowest BCUT2D eigenvalue weighted by atomic mass is 10.3. The maximum Gasteiger partial charge on any atom is 0.325 e. The van der Waals surface area contributed by atoms with Crippen LogP contribution in [0.25, 0.3) is 0 Å². The van der Waals surface area contributed by atoms with E-state index in [1.54, 1.807) is 19.3 Å². The van der Waals surface area contributed by atoms with Crippen LogP contribution in [0.15, 0.2) is 24.8 Å². The second-order valence-electron chi connectivity index (χ2n) is 3.59. The molecule has 0 aliphatic rings. The van der Waals surface area contributed by atoms with Crippen molar-refractivity contribution in [1.82, 2.24) is 19.9 Å². The number of H-pyrrole nitrogens is 2. The predicted molar refractivity (Wildman–Crippen MR) is 67.8 cm³/mol. The SMILES string of the molecule is CCCP(=O)(O)O.O=C(c1ncc[nH]1)c1ncc[nH]1. The second-order valence-corrected chi connectivity index (χ2v) is 5.37. The fourth-order valence-electron chi connectivity index (χ4n) is 1.18. The standard InChI is InChI=1S/C7H6N4O.C3H9O3P/c12-5(6-8-1-2-9-6)7-10-3-4-11-7;1-2-3-7(4,5)6/h1-4H,(H,8,9)(H,10,11);2-3H2,1H3,(H2,4,5,6). The minimum Gasteiger partial charge on any atom is -0.342 e. The van der Waals surface area contributed by atoms with Gasteiger partial charge >= 0.3 is 7.60 Å². The number of hydrogen-bond acceptors (Lipinski definition) is 4. The Hall–Kier alpha value is -1.76. The Kier molecular flexibility index (Phi) is 5.62. The fraction of sp³-hybridized carbons (Fsp3) is 0.300. The molecule has 0 fully saturated rings. The minimum atomic E-state index is -3.67. The molecule has 8 nitrogen and oxygen atoms in total. The van der Waals surface area contributed by atoms with E-state index in [2.05, 4.69) is 19.9 Å². The van der Waals surface area contributed by atoms with Crippen LogP contribution in [0.1, 0.15) is 29.8 Å². The summed E-state index contributed by atoms with van der Waals surface area (Å²) >= 11 is 0. The summed E-state index contributed by atoms with van der Waals surface area (Å²) in [6.07, 6.45) is 6.79.